The molecule has 3 nitrogen and oxygen atoms in total. The molecule has 0 atom stereocenters. The van der Waals surface area contributed by atoms with Gasteiger partial charge in [-0.25, -0.2) is 0 Å². The van der Waals surface area contributed by atoms with E-state index in [1.165, 1.54) is 0 Å². The van der Waals surface area contributed by atoms with Gasteiger partial charge in [0.25, 0.3) is 6.08 Å². The third kappa shape index (κ3) is 2.76. The first-order valence-electron chi connectivity index (χ1n) is 3.03. The van der Waals surface area contributed by atoms with Gasteiger partial charge in [0.15, 0.2) is 0 Å². The van der Waals surface area contributed by atoms with E-state index in [0.29, 0.717) is 14.2 Å². The Kier molecular flexibility index (Phi) is 4.23. The van der Waals surface area contributed by atoms with Gasteiger partial charge in [-0.3, -0.25) is 4.57 Å². The zero-order chi connectivity index (χ0) is 11.6. The Labute approximate surface area is 76.0 Å². The van der Waals surface area contributed by atoms with Gasteiger partial charge in [0.1, 0.15) is 0 Å². The highest BCUT2D eigenvalue weighted by molar-refractivity contribution is 7.58. The molecule has 0 aliphatic heterocycles. The van der Waals surface area contributed by atoms with Gasteiger partial charge in [0, 0.05) is 14.2 Å². The summed E-state index contributed by atoms with van der Waals surface area (Å²) in [5.41, 5.74) is 0. The molecule has 84 valence electrons. The maximum atomic E-state index is 12.0. The number of alkyl halides is 3. The van der Waals surface area contributed by atoms with Crippen molar-refractivity contribution in [3.8, 4) is 0 Å². The molecule has 0 heterocycles. The van der Waals surface area contributed by atoms with Crippen molar-refractivity contribution in [1.82, 2.24) is 0 Å². The van der Waals surface area contributed by atoms with E-state index >= 15 is 0 Å². The lowest BCUT2D eigenvalue weighted by Gasteiger charge is -2.17. The lowest BCUT2D eigenvalue weighted by molar-refractivity contribution is -0.0900. The van der Waals surface area contributed by atoms with Crippen LogP contribution in [0.1, 0.15) is 0 Å². The number of halogens is 5. The van der Waals surface area contributed by atoms with E-state index in [1.807, 2.05) is 0 Å². The standard InChI is InChI=1S/C5H6F5O3P/c1-12-14(11,13-2)3(4(6)7)5(8,9)10/h1-2H3. The summed E-state index contributed by atoms with van der Waals surface area (Å²) in [6.45, 7) is 0. The van der Waals surface area contributed by atoms with Crippen LogP contribution in [0.2, 0.25) is 0 Å². The summed E-state index contributed by atoms with van der Waals surface area (Å²) < 4.78 is 78.4. The van der Waals surface area contributed by atoms with Crippen molar-refractivity contribution in [3.63, 3.8) is 0 Å². The highest BCUT2D eigenvalue weighted by Crippen LogP contribution is 2.61. The van der Waals surface area contributed by atoms with Crippen LogP contribution in [0.5, 0.6) is 0 Å². The second kappa shape index (κ2) is 4.37. The van der Waals surface area contributed by atoms with Crippen LogP contribution in [0.3, 0.4) is 0 Å². The summed E-state index contributed by atoms with van der Waals surface area (Å²) in [5, 5.41) is -2.57. The Balaban J connectivity index is 5.49. The van der Waals surface area contributed by atoms with Crippen molar-refractivity contribution in [2.45, 2.75) is 6.18 Å². The summed E-state index contributed by atoms with van der Waals surface area (Å²) in [7, 11) is -3.80. The van der Waals surface area contributed by atoms with Gasteiger partial charge in [-0.1, -0.05) is 0 Å². The van der Waals surface area contributed by atoms with E-state index in [0.717, 1.165) is 0 Å². The molecule has 0 rings (SSSR count). The molecule has 0 amide bonds. The first-order valence-corrected chi connectivity index (χ1v) is 4.58. The molecule has 0 aromatic carbocycles. The van der Waals surface area contributed by atoms with E-state index in [2.05, 4.69) is 9.05 Å². The molecule has 0 saturated heterocycles. The summed E-state index contributed by atoms with van der Waals surface area (Å²) in [6, 6.07) is 0. The van der Waals surface area contributed by atoms with Crippen LogP contribution in [0.15, 0.2) is 11.4 Å². The fourth-order valence-electron chi connectivity index (χ4n) is 0.623. The number of rotatable bonds is 3. The van der Waals surface area contributed by atoms with E-state index in [9.17, 15) is 26.5 Å². The van der Waals surface area contributed by atoms with Crippen molar-refractivity contribution in [3.05, 3.63) is 11.4 Å². The van der Waals surface area contributed by atoms with Gasteiger partial charge in [0.05, 0.1) is 0 Å². The van der Waals surface area contributed by atoms with Crippen LogP contribution >= 0.6 is 7.60 Å². The molecule has 14 heavy (non-hydrogen) atoms. The fourth-order valence-corrected chi connectivity index (χ4v) is 1.65. The van der Waals surface area contributed by atoms with E-state index < -0.39 is 25.2 Å². The molecule has 0 saturated carbocycles. The fraction of sp³-hybridized carbons (Fsp3) is 0.600. The Hall–Kier alpha value is -0.460. The molecule has 0 radical (unpaired) electrons. The minimum absolute atomic E-state index is 0.582. The molecule has 0 aromatic heterocycles. The topological polar surface area (TPSA) is 35.5 Å². The van der Waals surface area contributed by atoms with Crippen LogP contribution in [-0.2, 0) is 13.6 Å². The quantitative estimate of drug-likeness (QED) is 0.561. The van der Waals surface area contributed by atoms with Crippen molar-refractivity contribution < 1.29 is 35.6 Å². The molecule has 0 fully saturated rings. The highest BCUT2D eigenvalue weighted by Gasteiger charge is 2.51. The van der Waals surface area contributed by atoms with E-state index in [1.54, 1.807) is 0 Å². The second-order valence-electron chi connectivity index (χ2n) is 1.97. The predicted octanol–water partition coefficient (Wildman–Crippen LogP) is 3.14. The Morgan fingerprint density at radius 1 is 1.14 bits per heavy atom. The molecule has 0 aliphatic carbocycles. The Bertz CT molecular complexity index is 272. The van der Waals surface area contributed by atoms with E-state index in [-0.39, 0.29) is 0 Å². The third-order valence-electron chi connectivity index (χ3n) is 1.20. The maximum absolute atomic E-state index is 12.0. The minimum Gasteiger partial charge on any atom is -0.308 e. The lowest BCUT2D eigenvalue weighted by atomic mass is 10.6. The van der Waals surface area contributed by atoms with Crippen LogP contribution in [0.4, 0.5) is 22.0 Å². The van der Waals surface area contributed by atoms with Crippen LogP contribution in [0, 0.1) is 0 Å². The molecule has 0 aromatic rings. The minimum atomic E-state index is -5.46. The van der Waals surface area contributed by atoms with Gasteiger partial charge in [-0.15, -0.1) is 0 Å². The SMILES string of the molecule is COP(=O)(OC)C(=C(F)F)C(F)(F)F. The smallest absolute Gasteiger partial charge is 0.308 e. The molecular weight excluding hydrogens is 234 g/mol. The van der Waals surface area contributed by atoms with Gasteiger partial charge in [0.2, 0.25) is 5.31 Å². The monoisotopic (exact) mass is 240 g/mol. The summed E-state index contributed by atoms with van der Waals surface area (Å²) in [4.78, 5) is 0. The second-order valence-corrected chi connectivity index (χ2v) is 4.14. The third-order valence-corrected chi connectivity index (χ3v) is 3.13. The first-order chi connectivity index (χ1) is 6.19. The summed E-state index contributed by atoms with van der Waals surface area (Å²) in [5.74, 6) is 0. The van der Waals surface area contributed by atoms with Crippen molar-refractivity contribution in [2.75, 3.05) is 14.2 Å². The zero-order valence-electron chi connectivity index (χ0n) is 7.06. The molecule has 0 spiro atoms. The average molecular weight is 240 g/mol. The molecule has 0 N–H and O–H groups in total. The van der Waals surface area contributed by atoms with Crippen LogP contribution < -0.4 is 0 Å². The average Bonchev–Trinajstić information content (AvgIpc) is 2.00. The number of allylic oxidation sites excluding steroid dienone is 1. The molecule has 9 heteroatoms. The highest BCUT2D eigenvalue weighted by atomic mass is 31.2. The predicted molar refractivity (Wildman–Crippen MR) is 36.9 cm³/mol. The molecule has 0 unspecified atom stereocenters. The maximum Gasteiger partial charge on any atom is 0.429 e. The van der Waals surface area contributed by atoms with Gasteiger partial charge in [-0.05, 0) is 0 Å². The van der Waals surface area contributed by atoms with Gasteiger partial charge < -0.3 is 9.05 Å². The molecule has 0 aliphatic rings. The zero-order valence-corrected chi connectivity index (χ0v) is 7.96. The Morgan fingerprint density at radius 2 is 1.50 bits per heavy atom. The summed E-state index contributed by atoms with van der Waals surface area (Å²) in [6.07, 6.45) is -8.59. The van der Waals surface area contributed by atoms with Gasteiger partial charge in [-0.2, -0.15) is 22.0 Å². The van der Waals surface area contributed by atoms with Crippen molar-refractivity contribution in [1.29, 1.82) is 0 Å². The number of hydrogen-bond donors (Lipinski definition) is 0. The normalized spacial score (nSPS) is 12.8. The van der Waals surface area contributed by atoms with Crippen molar-refractivity contribution in [2.24, 2.45) is 0 Å². The lowest BCUT2D eigenvalue weighted by Crippen LogP contribution is -2.14. The van der Waals surface area contributed by atoms with Crippen LogP contribution in [0.25, 0.3) is 0 Å². The largest absolute Gasteiger partial charge is 0.429 e. The first kappa shape index (κ1) is 13.5. The number of hydrogen-bond acceptors (Lipinski definition) is 3. The van der Waals surface area contributed by atoms with Crippen LogP contribution in [-0.4, -0.2) is 20.4 Å². The van der Waals surface area contributed by atoms with E-state index in [4.69, 9.17) is 0 Å². The van der Waals surface area contributed by atoms with Crippen molar-refractivity contribution >= 4 is 7.60 Å². The summed E-state index contributed by atoms with van der Waals surface area (Å²) >= 11 is 0. The van der Waals surface area contributed by atoms with Gasteiger partial charge >= 0.3 is 13.8 Å². The Morgan fingerprint density at radius 3 is 1.57 bits per heavy atom. The molecular formula is C5H6F5O3P. The molecule has 0 bridgehead atoms.